The number of aromatic amines is 2. The number of nitrogens with one attached hydrogen (secondary N) is 2. The molecule has 3 heterocycles. The van der Waals surface area contributed by atoms with E-state index in [1.807, 2.05) is 0 Å². The highest BCUT2D eigenvalue weighted by molar-refractivity contribution is 7.71. The molecule has 11 nitrogen and oxygen atoms in total. The maximum Gasteiger partial charge on any atom is 0.359 e. The molecule has 1 aliphatic heterocycles. The summed E-state index contributed by atoms with van der Waals surface area (Å²) in [6.07, 6.45) is -2.94. The van der Waals surface area contributed by atoms with Crippen molar-refractivity contribution in [3.8, 4) is 0 Å². The number of aromatic nitrogens is 3. The summed E-state index contributed by atoms with van der Waals surface area (Å²) < 4.78 is 24.8. The molecule has 6 N–H and O–H groups in total. The first-order valence-electron chi connectivity index (χ1n) is 11.2. The molecule has 6 atom stereocenters. The summed E-state index contributed by atoms with van der Waals surface area (Å²) >= 11 is 5.37. The van der Waals surface area contributed by atoms with Crippen LogP contribution >= 0.6 is 19.8 Å². The molecule has 1 fully saturated rings. The van der Waals surface area contributed by atoms with Gasteiger partial charge in [-0.15, -0.1) is 0 Å². The molecule has 0 bridgehead atoms. The molecule has 1 aliphatic rings. The lowest BCUT2D eigenvalue weighted by Crippen LogP contribution is -2.40. The Morgan fingerprint density at radius 2 is 1.85 bits per heavy atom. The zero-order chi connectivity index (χ0) is 25.5. The number of nitrogens with zero attached hydrogens (tertiary/aromatic N) is 1. The third-order valence-electron chi connectivity index (χ3n) is 6.71. The van der Waals surface area contributed by atoms with Crippen LogP contribution in [0.15, 0.2) is 17.1 Å². The average Bonchev–Trinajstić information content (AvgIpc) is 3.05. The van der Waals surface area contributed by atoms with Crippen LogP contribution in [0.25, 0.3) is 11.0 Å². The van der Waals surface area contributed by atoms with Gasteiger partial charge in [0.2, 0.25) is 0 Å². The molecule has 0 aromatic carbocycles. The number of aliphatic hydroxyl groups excluding tert-OH is 2. The fourth-order valence-corrected chi connectivity index (χ4v) is 6.17. The number of pyridine rings is 1. The standard InChI is InChI=1S/C21H32N3O8PS/c1-5-20(4,32-33(29,30)21(28,6-2)7-3)9-13-14(25)15(26)16(31-13)12-8-11-10-22-19(27)24-17(11)23-18(12)34/h8,10,13-16,25-26,28H,5-7,9H2,1-4H3,(H,29,30)(H2,22,23,24,27,34)/t13-,14?,15+,16+,20?/m1/s1. The Balaban J connectivity index is 1.87. The number of hydrogen-bond donors (Lipinski definition) is 6. The quantitative estimate of drug-likeness (QED) is 0.214. The lowest BCUT2D eigenvalue weighted by atomic mass is 9.92. The summed E-state index contributed by atoms with van der Waals surface area (Å²) in [6, 6.07) is 1.61. The molecule has 0 saturated carbocycles. The highest BCUT2D eigenvalue weighted by Crippen LogP contribution is 2.60. The smallest absolute Gasteiger partial charge is 0.359 e. The molecule has 0 aliphatic carbocycles. The molecular weight excluding hydrogens is 485 g/mol. The van der Waals surface area contributed by atoms with E-state index in [0.29, 0.717) is 16.6 Å². The maximum atomic E-state index is 13.0. The molecule has 0 radical (unpaired) electrons. The first kappa shape index (κ1) is 27.1. The van der Waals surface area contributed by atoms with Crippen molar-refractivity contribution in [1.82, 2.24) is 15.0 Å². The number of H-pyrrole nitrogens is 2. The topological polar surface area (TPSA) is 178 Å². The predicted octanol–water partition coefficient (Wildman–Crippen LogP) is 2.41. The van der Waals surface area contributed by atoms with Crippen LogP contribution in [-0.2, 0) is 13.8 Å². The monoisotopic (exact) mass is 517 g/mol. The van der Waals surface area contributed by atoms with Gasteiger partial charge in [0, 0.05) is 23.6 Å². The molecule has 13 heteroatoms. The van der Waals surface area contributed by atoms with E-state index in [-0.39, 0.29) is 30.3 Å². The van der Waals surface area contributed by atoms with Crippen molar-refractivity contribution in [2.45, 2.75) is 88.7 Å². The van der Waals surface area contributed by atoms with Gasteiger partial charge in [0.15, 0.2) is 5.34 Å². The zero-order valence-corrected chi connectivity index (χ0v) is 21.2. The molecule has 2 aromatic heterocycles. The number of fused-ring (bicyclic) bond motifs is 1. The Kier molecular flexibility index (Phi) is 7.86. The van der Waals surface area contributed by atoms with Gasteiger partial charge in [-0.3, -0.25) is 9.55 Å². The highest BCUT2D eigenvalue weighted by atomic mass is 32.1. The van der Waals surface area contributed by atoms with Crippen LogP contribution in [-0.4, -0.2) is 64.4 Å². The van der Waals surface area contributed by atoms with E-state index in [2.05, 4.69) is 15.0 Å². The van der Waals surface area contributed by atoms with Gasteiger partial charge >= 0.3 is 13.3 Å². The van der Waals surface area contributed by atoms with Crippen LogP contribution in [0.1, 0.15) is 65.0 Å². The van der Waals surface area contributed by atoms with Gasteiger partial charge in [0.05, 0.1) is 11.7 Å². The third kappa shape index (κ3) is 5.05. The second-order valence-electron chi connectivity index (χ2n) is 8.96. The van der Waals surface area contributed by atoms with E-state index < -0.39 is 48.6 Å². The lowest BCUT2D eigenvalue weighted by molar-refractivity contribution is -0.0544. The summed E-state index contributed by atoms with van der Waals surface area (Å²) in [4.78, 5) is 31.1. The van der Waals surface area contributed by atoms with Gasteiger partial charge in [-0.1, -0.05) is 33.0 Å². The Hall–Kier alpha value is -1.50. The molecule has 190 valence electrons. The van der Waals surface area contributed by atoms with Crippen molar-refractivity contribution in [3.63, 3.8) is 0 Å². The molecule has 3 unspecified atom stereocenters. The molecule has 2 aromatic rings. The van der Waals surface area contributed by atoms with E-state index in [0.717, 1.165) is 0 Å². The van der Waals surface area contributed by atoms with Gasteiger partial charge in [0.25, 0.3) is 0 Å². The second-order valence-corrected chi connectivity index (χ2v) is 11.4. The minimum atomic E-state index is -4.46. The molecule has 0 spiro atoms. The van der Waals surface area contributed by atoms with E-state index in [4.69, 9.17) is 21.5 Å². The fraction of sp³-hybridized carbons (Fsp3) is 0.667. The van der Waals surface area contributed by atoms with Crippen molar-refractivity contribution in [2.24, 2.45) is 0 Å². The van der Waals surface area contributed by atoms with E-state index in [1.165, 1.54) is 6.20 Å². The number of hydrogen-bond acceptors (Lipinski definition) is 9. The van der Waals surface area contributed by atoms with Crippen molar-refractivity contribution in [1.29, 1.82) is 0 Å². The Morgan fingerprint density at radius 1 is 1.21 bits per heavy atom. The maximum absolute atomic E-state index is 13.0. The van der Waals surface area contributed by atoms with Crippen molar-refractivity contribution < 1.29 is 34.0 Å². The third-order valence-corrected chi connectivity index (χ3v) is 9.42. The van der Waals surface area contributed by atoms with Gasteiger partial charge in [-0.25, -0.2) is 9.78 Å². The first-order chi connectivity index (χ1) is 15.8. The molecule has 3 rings (SSSR count). The van der Waals surface area contributed by atoms with Gasteiger partial charge in [-0.2, -0.15) is 0 Å². The van der Waals surface area contributed by atoms with Crippen LogP contribution in [0.5, 0.6) is 0 Å². The Bertz CT molecular complexity index is 1200. The van der Waals surface area contributed by atoms with Crippen molar-refractivity contribution >= 4 is 30.8 Å². The Morgan fingerprint density at radius 3 is 2.44 bits per heavy atom. The molecule has 0 amide bonds. The van der Waals surface area contributed by atoms with E-state index in [9.17, 15) is 29.6 Å². The van der Waals surface area contributed by atoms with Gasteiger partial charge in [-0.05, 0) is 32.3 Å². The number of rotatable bonds is 9. The largest absolute Gasteiger partial charge is 0.388 e. The van der Waals surface area contributed by atoms with Gasteiger partial charge < -0.3 is 34.5 Å². The summed E-state index contributed by atoms with van der Waals surface area (Å²) in [5, 5.41) is 30.7. The molecular formula is C21H32N3O8PS. The van der Waals surface area contributed by atoms with Crippen molar-refractivity contribution in [2.75, 3.05) is 0 Å². The van der Waals surface area contributed by atoms with Crippen LogP contribution in [0.3, 0.4) is 0 Å². The SMILES string of the molecule is CCC(C)(C[C@H]1O[C@@H](c2cc3cnc(=O)[nH]c3[nH]c2=S)[C@@H](O)C1O)OP(=O)(O)C(O)(CC)CC. The predicted molar refractivity (Wildman–Crippen MR) is 127 cm³/mol. The zero-order valence-electron chi connectivity index (χ0n) is 19.5. The van der Waals surface area contributed by atoms with Gasteiger partial charge in [0.1, 0.15) is 28.6 Å². The van der Waals surface area contributed by atoms with Crippen LogP contribution in [0.4, 0.5) is 0 Å². The molecule has 1 saturated heterocycles. The summed E-state index contributed by atoms with van der Waals surface area (Å²) in [5.74, 6) is 0. The average molecular weight is 518 g/mol. The van der Waals surface area contributed by atoms with Crippen molar-refractivity contribution in [3.05, 3.63) is 33.0 Å². The van der Waals surface area contributed by atoms with Crippen LogP contribution in [0, 0.1) is 4.64 Å². The minimum Gasteiger partial charge on any atom is -0.388 e. The van der Waals surface area contributed by atoms with Crippen LogP contribution in [0.2, 0.25) is 0 Å². The summed E-state index contributed by atoms with van der Waals surface area (Å²) in [5.41, 5.74) is -1.03. The van der Waals surface area contributed by atoms with Crippen LogP contribution < -0.4 is 5.69 Å². The number of aliphatic hydroxyl groups is 3. The highest BCUT2D eigenvalue weighted by Gasteiger charge is 2.51. The normalized spacial score (nSPS) is 26.9. The lowest BCUT2D eigenvalue weighted by Gasteiger charge is -2.38. The Labute approximate surface area is 201 Å². The number of ether oxygens (including phenoxy) is 1. The summed E-state index contributed by atoms with van der Waals surface area (Å²) in [7, 11) is -4.46. The second kappa shape index (κ2) is 9.87. The first-order valence-corrected chi connectivity index (χ1v) is 13.2. The minimum absolute atomic E-state index is 0.0226. The summed E-state index contributed by atoms with van der Waals surface area (Å²) in [6.45, 7) is 6.55. The fourth-order valence-electron chi connectivity index (χ4n) is 4.13. The molecule has 34 heavy (non-hydrogen) atoms. The van der Waals surface area contributed by atoms with E-state index >= 15 is 0 Å². The van der Waals surface area contributed by atoms with E-state index in [1.54, 1.807) is 33.8 Å².